The molecule has 0 aliphatic heterocycles. The fraction of sp³-hybridized carbons (Fsp3) is 0.684. The molecule has 2 fully saturated rings. The topological polar surface area (TPSA) is 40.5 Å². The van der Waals surface area contributed by atoms with Crippen molar-refractivity contribution in [3.8, 4) is 5.75 Å². The maximum atomic E-state index is 10.2. The molecule has 0 amide bonds. The van der Waals surface area contributed by atoms with Crippen molar-refractivity contribution in [2.24, 2.45) is 17.3 Å². The molecule has 0 heterocycles. The van der Waals surface area contributed by atoms with Gasteiger partial charge in [0.1, 0.15) is 5.75 Å². The number of phenols is 1. The van der Waals surface area contributed by atoms with Crippen molar-refractivity contribution >= 4 is 0 Å². The van der Waals surface area contributed by atoms with Crippen LogP contribution in [-0.4, -0.2) is 16.3 Å². The number of aromatic hydroxyl groups is 1. The number of rotatable bonds is 1. The SMILES string of the molecule is CC[C@]12CCC3c4ccc(O)cc4CCC3C1C[C@H](O)C2. The zero-order valence-electron chi connectivity index (χ0n) is 12.9. The maximum Gasteiger partial charge on any atom is 0.115 e. The Bertz CT molecular complexity index is 552. The highest BCUT2D eigenvalue weighted by Crippen LogP contribution is 2.62. The molecule has 1 aromatic carbocycles. The van der Waals surface area contributed by atoms with E-state index in [4.69, 9.17) is 0 Å². The predicted octanol–water partition coefficient (Wildman–Crippen LogP) is 4.00. The average molecular weight is 286 g/mol. The molecule has 2 saturated carbocycles. The first-order valence-electron chi connectivity index (χ1n) is 8.63. The van der Waals surface area contributed by atoms with E-state index in [1.807, 2.05) is 12.1 Å². The van der Waals surface area contributed by atoms with Gasteiger partial charge in [-0.2, -0.15) is 0 Å². The Hall–Kier alpha value is -1.02. The standard InChI is InChI=1S/C19H26O2/c1-2-19-8-7-16-15-6-4-13(20)9-12(15)3-5-17(16)18(19)10-14(21)11-19/h4,6,9,14,16-18,20-21H,2-3,5,7-8,10-11H2,1H3/t14-,16?,17?,18?,19+/m0/s1. The summed E-state index contributed by atoms with van der Waals surface area (Å²) in [5.74, 6) is 2.51. The Morgan fingerprint density at radius 2 is 2.14 bits per heavy atom. The number of phenolic OH excluding ortho intramolecular Hbond substituents is 1. The second-order valence-corrected chi connectivity index (χ2v) is 7.65. The monoisotopic (exact) mass is 286 g/mol. The van der Waals surface area contributed by atoms with Crippen LogP contribution in [0.4, 0.5) is 0 Å². The third kappa shape index (κ3) is 1.95. The Morgan fingerprint density at radius 1 is 1.29 bits per heavy atom. The van der Waals surface area contributed by atoms with Crippen LogP contribution in [0.1, 0.15) is 62.5 Å². The number of aliphatic hydroxyl groups is 1. The van der Waals surface area contributed by atoms with Crippen LogP contribution in [0.5, 0.6) is 5.75 Å². The summed E-state index contributed by atoms with van der Waals surface area (Å²) >= 11 is 0. The molecular formula is C19H26O2. The van der Waals surface area contributed by atoms with E-state index < -0.39 is 0 Å². The van der Waals surface area contributed by atoms with Crippen LogP contribution in [-0.2, 0) is 6.42 Å². The summed E-state index contributed by atoms with van der Waals surface area (Å²) in [7, 11) is 0. The highest BCUT2D eigenvalue weighted by molar-refractivity contribution is 5.40. The van der Waals surface area contributed by atoms with Crippen LogP contribution in [0.3, 0.4) is 0 Å². The molecule has 4 rings (SSSR count). The van der Waals surface area contributed by atoms with Gasteiger partial charge in [-0.05, 0) is 85.0 Å². The van der Waals surface area contributed by atoms with Crippen molar-refractivity contribution < 1.29 is 10.2 Å². The molecule has 0 saturated heterocycles. The number of aryl methyl sites for hydroxylation is 1. The van der Waals surface area contributed by atoms with E-state index in [-0.39, 0.29) is 6.10 Å². The van der Waals surface area contributed by atoms with Gasteiger partial charge in [-0.1, -0.05) is 19.4 Å². The van der Waals surface area contributed by atoms with E-state index in [0.717, 1.165) is 25.2 Å². The summed E-state index contributed by atoms with van der Waals surface area (Å²) in [4.78, 5) is 0. The predicted molar refractivity (Wildman–Crippen MR) is 83.3 cm³/mol. The van der Waals surface area contributed by atoms with Gasteiger partial charge in [-0.15, -0.1) is 0 Å². The second-order valence-electron chi connectivity index (χ2n) is 7.65. The summed E-state index contributed by atoms with van der Waals surface area (Å²) < 4.78 is 0. The van der Waals surface area contributed by atoms with Gasteiger partial charge in [0.25, 0.3) is 0 Å². The number of hydrogen-bond donors (Lipinski definition) is 2. The van der Waals surface area contributed by atoms with Crippen LogP contribution in [0, 0.1) is 17.3 Å². The molecule has 5 atom stereocenters. The molecule has 0 spiro atoms. The Balaban J connectivity index is 1.70. The van der Waals surface area contributed by atoms with Crippen LogP contribution in [0.15, 0.2) is 18.2 Å². The van der Waals surface area contributed by atoms with Crippen molar-refractivity contribution in [1.82, 2.24) is 0 Å². The lowest BCUT2D eigenvalue weighted by Gasteiger charge is -2.50. The van der Waals surface area contributed by atoms with Gasteiger partial charge in [0, 0.05) is 0 Å². The first-order chi connectivity index (χ1) is 10.1. The van der Waals surface area contributed by atoms with Gasteiger partial charge in [0.05, 0.1) is 6.10 Å². The zero-order valence-corrected chi connectivity index (χ0v) is 12.9. The van der Waals surface area contributed by atoms with Crippen LogP contribution >= 0.6 is 0 Å². The fourth-order valence-corrected chi connectivity index (χ4v) is 5.97. The third-order valence-corrected chi connectivity index (χ3v) is 6.92. The van der Waals surface area contributed by atoms with E-state index >= 15 is 0 Å². The summed E-state index contributed by atoms with van der Waals surface area (Å²) in [5.41, 5.74) is 3.25. The smallest absolute Gasteiger partial charge is 0.115 e. The molecule has 0 radical (unpaired) electrons. The normalized spacial score (nSPS) is 41.2. The molecular weight excluding hydrogens is 260 g/mol. The van der Waals surface area contributed by atoms with Crippen molar-refractivity contribution in [2.45, 2.75) is 63.9 Å². The van der Waals surface area contributed by atoms with E-state index in [1.165, 1.54) is 36.8 Å². The molecule has 3 aliphatic carbocycles. The van der Waals surface area contributed by atoms with E-state index in [1.54, 1.807) is 0 Å². The molecule has 3 aliphatic rings. The first kappa shape index (κ1) is 13.6. The molecule has 0 bridgehead atoms. The lowest BCUT2D eigenvalue weighted by Crippen LogP contribution is -2.40. The van der Waals surface area contributed by atoms with Crippen molar-refractivity contribution in [2.75, 3.05) is 0 Å². The molecule has 2 nitrogen and oxygen atoms in total. The minimum Gasteiger partial charge on any atom is -0.508 e. The highest BCUT2D eigenvalue weighted by atomic mass is 16.3. The van der Waals surface area contributed by atoms with Crippen LogP contribution < -0.4 is 0 Å². The first-order valence-corrected chi connectivity index (χ1v) is 8.63. The van der Waals surface area contributed by atoms with Gasteiger partial charge >= 0.3 is 0 Å². The summed E-state index contributed by atoms with van der Waals surface area (Å²) in [6, 6.07) is 5.98. The largest absolute Gasteiger partial charge is 0.508 e. The van der Waals surface area contributed by atoms with Gasteiger partial charge in [0.15, 0.2) is 0 Å². The number of hydrogen-bond acceptors (Lipinski definition) is 2. The second kappa shape index (κ2) is 4.74. The third-order valence-electron chi connectivity index (χ3n) is 6.92. The molecule has 0 aromatic heterocycles. The van der Waals surface area contributed by atoms with Crippen LogP contribution in [0.2, 0.25) is 0 Å². The molecule has 114 valence electrons. The molecule has 21 heavy (non-hydrogen) atoms. The minimum absolute atomic E-state index is 0.0742. The van der Waals surface area contributed by atoms with Gasteiger partial charge < -0.3 is 10.2 Å². The van der Waals surface area contributed by atoms with Gasteiger partial charge in [0.2, 0.25) is 0 Å². The number of benzene rings is 1. The Labute approximate surface area is 127 Å². The minimum atomic E-state index is -0.0742. The maximum absolute atomic E-state index is 10.2. The lowest BCUT2D eigenvalue weighted by atomic mass is 9.54. The molecule has 2 heteroatoms. The van der Waals surface area contributed by atoms with E-state index in [9.17, 15) is 10.2 Å². The number of aliphatic hydroxyl groups excluding tert-OH is 1. The Kier molecular flexibility index (Phi) is 3.08. The fourth-order valence-electron chi connectivity index (χ4n) is 5.97. The quantitative estimate of drug-likeness (QED) is 0.819. The summed E-state index contributed by atoms with van der Waals surface area (Å²) in [6.07, 6.45) is 8.06. The van der Waals surface area contributed by atoms with Crippen molar-refractivity contribution in [3.63, 3.8) is 0 Å². The lowest BCUT2D eigenvalue weighted by molar-refractivity contribution is 0.0403. The van der Waals surface area contributed by atoms with E-state index in [0.29, 0.717) is 23.0 Å². The van der Waals surface area contributed by atoms with E-state index in [2.05, 4.69) is 13.0 Å². The Morgan fingerprint density at radius 3 is 2.95 bits per heavy atom. The van der Waals surface area contributed by atoms with Crippen molar-refractivity contribution in [3.05, 3.63) is 29.3 Å². The summed E-state index contributed by atoms with van der Waals surface area (Å²) in [6.45, 7) is 2.32. The zero-order chi connectivity index (χ0) is 14.6. The number of fused-ring (bicyclic) bond motifs is 5. The van der Waals surface area contributed by atoms with Crippen LogP contribution in [0.25, 0.3) is 0 Å². The average Bonchev–Trinajstić information content (AvgIpc) is 2.83. The van der Waals surface area contributed by atoms with Gasteiger partial charge in [-0.3, -0.25) is 0 Å². The molecule has 2 N–H and O–H groups in total. The highest BCUT2D eigenvalue weighted by Gasteiger charge is 2.54. The molecule has 1 aromatic rings. The van der Waals surface area contributed by atoms with Gasteiger partial charge in [-0.25, -0.2) is 0 Å². The molecule has 3 unspecified atom stereocenters. The van der Waals surface area contributed by atoms with Crippen molar-refractivity contribution in [1.29, 1.82) is 0 Å². The summed E-state index contributed by atoms with van der Waals surface area (Å²) in [5, 5.41) is 20.0.